The molecule has 5 nitrogen and oxygen atoms in total. The van der Waals surface area contributed by atoms with Gasteiger partial charge in [0.25, 0.3) is 10.0 Å². The molecule has 0 saturated heterocycles. The SMILES string of the molecule is CCc1ccc(CO)cc1S(=O)(=O)Nc1cncc(C)c1. The Morgan fingerprint density at radius 2 is 2.00 bits per heavy atom. The number of hydrogen-bond acceptors (Lipinski definition) is 4. The largest absolute Gasteiger partial charge is 0.392 e. The van der Waals surface area contributed by atoms with Crippen LogP contribution < -0.4 is 4.72 Å². The third-order valence-electron chi connectivity index (χ3n) is 3.11. The van der Waals surface area contributed by atoms with Crippen molar-refractivity contribution in [3.8, 4) is 0 Å². The number of rotatable bonds is 5. The molecule has 0 saturated carbocycles. The van der Waals surface area contributed by atoms with Gasteiger partial charge in [0.05, 0.1) is 23.4 Å². The van der Waals surface area contributed by atoms with Crippen LogP contribution in [0.25, 0.3) is 0 Å². The van der Waals surface area contributed by atoms with Crippen LogP contribution in [-0.4, -0.2) is 18.5 Å². The maximum Gasteiger partial charge on any atom is 0.262 e. The molecular weight excluding hydrogens is 288 g/mol. The van der Waals surface area contributed by atoms with Crippen LogP contribution in [0.15, 0.2) is 41.6 Å². The van der Waals surface area contributed by atoms with E-state index in [0.29, 0.717) is 23.2 Å². The fourth-order valence-electron chi connectivity index (χ4n) is 2.06. The molecule has 0 atom stereocenters. The van der Waals surface area contributed by atoms with Gasteiger partial charge in [-0.2, -0.15) is 0 Å². The zero-order valence-electron chi connectivity index (χ0n) is 12.0. The Hall–Kier alpha value is -1.92. The first kappa shape index (κ1) is 15.5. The summed E-state index contributed by atoms with van der Waals surface area (Å²) in [6.07, 6.45) is 3.71. The smallest absolute Gasteiger partial charge is 0.262 e. The Balaban J connectivity index is 2.43. The molecule has 1 aromatic carbocycles. The number of benzene rings is 1. The number of aromatic nitrogens is 1. The number of aryl methyl sites for hydroxylation is 2. The number of hydrogen-bond donors (Lipinski definition) is 2. The Labute approximate surface area is 124 Å². The molecule has 0 fully saturated rings. The molecule has 0 aliphatic heterocycles. The second-order valence-electron chi connectivity index (χ2n) is 4.81. The van der Waals surface area contributed by atoms with E-state index in [1.165, 1.54) is 12.3 Å². The molecular formula is C15H18N2O3S. The van der Waals surface area contributed by atoms with Crippen molar-refractivity contribution in [3.05, 3.63) is 53.3 Å². The molecule has 1 aromatic heterocycles. The van der Waals surface area contributed by atoms with E-state index in [2.05, 4.69) is 9.71 Å². The van der Waals surface area contributed by atoms with Crippen molar-refractivity contribution in [3.63, 3.8) is 0 Å². The molecule has 112 valence electrons. The van der Waals surface area contributed by atoms with Crippen molar-refractivity contribution >= 4 is 15.7 Å². The van der Waals surface area contributed by atoms with Crippen LogP contribution in [0.2, 0.25) is 0 Å². The highest BCUT2D eigenvalue weighted by Gasteiger charge is 2.18. The molecule has 6 heteroatoms. The summed E-state index contributed by atoms with van der Waals surface area (Å²) in [5.41, 5.74) is 2.57. The topological polar surface area (TPSA) is 79.3 Å². The van der Waals surface area contributed by atoms with Gasteiger partial charge in [-0.15, -0.1) is 0 Å². The molecule has 0 amide bonds. The Morgan fingerprint density at radius 3 is 2.62 bits per heavy atom. The van der Waals surface area contributed by atoms with Gasteiger partial charge in [-0.1, -0.05) is 19.1 Å². The third-order valence-corrected chi connectivity index (χ3v) is 4.58. The minimum atomic E-state index is -3.71. The summed E-state index contributed by atoms with van der Waals surface area (Å²) in [7, 11) is -3.71. The zero-order valence-corrected chi connectivity index (χ0v) is 12.8. The fraction of sp³-hybridized carbons (Fsp3) is 0.267. The zero-order chi connectivity index (χ0) is 15.5. The fourth-order valence-corrected chi connectivity index (χ4v) is 3.46. The lowest BCUT2D eigenvalue weighted by atomic mass is 10.1. The van der Waals surface area contributed by atoms with E-state index in [0.717, 1.165) is 5.56 Å². The maximum atomic E-state index is 12.5. The van der Waals surface area contributed by atoms with Gasteiger partial charge in [0, 0.05) is 6.20 Å². The first-order valence-electron chi connectivity index (χ1n) is 6.63. The second kappa shape index (κ2) is 6.24. The number of sulfonamides is 1. The quantitative estimate of drug-likeness (QED) is 0.888. The van der Waals surface area contributed by atoms with Gasteiger partial charge in [-0.25, -0.2) is 8.42 Å². The normalized spacial score (nSPS) is 11.4. The van der Waals surface area contributed by atoms with E-state index in [1.54, 1.807) is 24.4 Å². The van der Waals surface area contributed by atoms with Crippen LogP contribution in [0, 0.1) is 6.92 Å². The van der Waals surface area contributed by atoms with Crippen molar-refractivity contribution < 1.29 is 13.5 Å². The Morgan fingerprint density at radius 1 is 1.24 bits per heavy atom. The van der Waals surface area contributed by atoms with E-state index >= 15 is 0 Å². The summed E-state index contributed by atoms with van der Waals surface area (Å²) < 4.78 is 27.6. The lowest BCUT2D eigenvalue weighted by Gasteiger charge is -2.12. The maximum absolute atomic E-state index is 12.5. The molecule has 2 aromatic rings. The van der Waals surface area contributed by atoms with Crippen molar-refractivity contribution in [1.29, 1.82) is 0 Å². The summed E-state index contributed by atoms with van der Waals surface area (Å²) in [6.45, 7) is 3.54. The molecule has 0 aliphatic carbocycles. The number of aliphatic hydroxyl groups excluding tert-OH is 1. The van der Waals surface area contributed by atoms with Gasteiger partial charge in [-0.05, 0) is 42.2 Å². The van der Waals surface area contributed by atoms with Gasteiger partial charge in [0.2, 0.25) is 0 Å². The number of anilines is 1. The number of nitrogens with zero attached hydrogens (tertiary/aromatic N) is 1. The Bertz CT molecular complexity index is 742. The molecule has 21 heavy (non-hydrogen) atoms. The standard InChI is InChI=1S/C15H18N2O3S/c1-3-13-5-4-12(10-18)7-15(13)21(19,20)17-14-6-11(2)8-16-9-14/h4-9,17-18H,3,10H2,1-2H3. The molecule has 1 heterocycles. The molecule has 0 unspecified atom stereocenters. The summed E-state index contributed by atoms with van der Waals surface area (Å²) in [6, 6.07) is 6.68. The first-order chi connectivity index (χ1) is 9.96. The van der Waals surface area contributed by atoms with Crippen LogP contribution in [-0.2, 0) is 23.1 Å². The highest BCUT2D eigenvalue weighted by molar-refractivity contribution is 7.92. The number of pyridine rings is 1. The van der Waals surface area contributed by atoms with Gasteiger partial charge < -0.3 is 5.11 Å². The summed E-state index contributed by atoms with van der Waals surface area (Å²) in [5, 5.41) is 9.19. The van der Waals surface area contributed by atoms with Crippen molar-refractivity contribution in [1.82, 2.24) is 4.98 Å². The average Bonchev–Trinajstić information content (AvgIpc) is 2.46. The van der Waals surface area contributed by atoms with E-state index in [-0.39, 0.29) is 11.5 Å². The molecule has 0 spiro atoms. The molecule has 2 rings (SSSR count). The summed E-state index contributed by atoms with van der Waals surface area (Å²) in [4.78, 5) is 4.16. The van der Waals surface area contributed by atoms with Crippen LogP contribution in [0.3, 0.4) is 0 Å². The predicted molar refractivity (Wildman–Crippen MR) is 81.5 cm³/mol. The van der Waals surface area contributed by atoms with Crippen LogP contribution >= 0.6 is 0 Å². The van der Waals surface area contributed by atoms with E-state index in [9.17, 15) is 13.5 Å². The van der Waals surface area contributed by atoms with Crippen molar-refractivity contribution in [2.45, 2.75) is 31.8 Å². The van der Waals surface area contributed by atoms with Crippen LogP contribution in [0.5, 0.6) is 0 Å². The Kier molecular flexibility index (Phi) is 4.59. The molecule has 0 radical (unpaired) electrons. The highest BCUT2D eigenvalue weighted by Crippen LogP contribution is 2.22. The van der Waals surface area contributed by atoms with E-state index in [1.807, 2.05) is 13.8 Å². The molecule has 2 N–H and O–H groups in total. The van der Waals surface area contributed by atoms with E-state index < -0.39 is 10.0 Å². The lowest BCUT2D eigenvalue weighted by molar-refractivity contribution is 0.281. The van der Waals surface area contributed by atoms with Gasteiger partial charge >= 0.3 is 0 Å². The summed E-state index contributed by atoms with van der Waals surface area (Å²) >= 11 is 0. The van der Waals surface area contributed by atoms with Crippen LogP contribution in [0.4, 0.5) is 5.69 Å². The monoisotopic (exact) mass is 306 g/mol. The minimum Gasteiger partial charge on any atom is -0.392 e. The highest BCUT2D eigenvalue weighted by atomic mass is 32.2. The van der Waals surface area contributed by atoms with Gasteiger partial charge in [-0.3, -0.25) is 9.71 Å². The predicted octanol–water partition coefficient (Wildman–Crippen LogP) is 2.25. The van der Waals surface area contributed by atoms with Crippen molar-refractivity contribution in [2.75, 3.05) is 4.72 Å². The van der Waals surface area contributed by atoms with Crippen molar-refractivity contribution in [2.24, 2.45) is 0 Å². The number of aliphatic hydroxyl groups is 1. The minimum absolute atomic E-state index is 0.193. The van der Waals surface area contributed by atoms with Crippen LogP contribution in [0.1, 0.15) is 23.6 Å². The number of nitrogens with one attached hydrogen (secondary N) is 1. The summed E-state index contributed by atoms with van der Waals surface area (Å²) in [5.74, 6) is 0. The van der Waals surface area contributed by atoms with Gasteiger partial charge in [0.15, 0.2) is 0 Å². The molecule has 0 bridgehead atoms. The third kappa shape index (κ3) is 3.59. The van der Waals surface area contributed by atoms with Gasteiger partial charge in [0.1, 0.15) is 0 Å². The first-order valence-corrected chi connectivity index (χ1v) is 8.11. The molecule has 0 aliphatic rings. The second-order valence-corrected chi connectivity index (χ2v) is 6.46. The average molecular weight is 306 g/mol. The van der Waals surface area contributed by atoms with E-state index in [4.69, 9.17) is 0 Å². The lowest BCUT2D eigenvalue weighted by Crippen LogP contribution is -2.15.